The normalized spacial score (nSPS) is 23.7. The molecule has 0 radical (unpaired) electrons. The van der Waals surface area contributed by atoms with Gasteiger partial charge in [0.05, 0.1) is 24.4 Å². The van der Waals surface area contributed by atoms with E-state index in [0.29, 0.717) is 44.1 Å². The number of ketones is 1. The summed E-state index contributed by atoms with van der Waals surface area (Å²) in [6.07, 6.45) is 9.47. The van der Waals surface area contributed by atoms with Crippen molar-refractivity contribution >= 4 is 11.8 Å². The van der Waals surface area contributed by atoms with Gasteiger partial charge in [-0.25, -0.2) is 0 Å². The number of aliphatic hydroxyl groups excluding tert-OH is 3. The lowest BCUT2D eigenvalue weighted by Gasteiger charge is -2.19. The number of hydrogen-bond acceptors (Lipinski definition) is 6. The van der Waals surface area contributed by atoms with Crippen LogP contribution in [0.5, 0.6) is 0 Å². The Morgan fingerprint density at radius 3 is 2.65 bits per heavy atom. The number of allylic oxidation sites excluding steroid dienone is 2. The van der Waals surface area contributed by atoms with E-state index in [1.54, 1.807) is 12.1 Å². The van der Waals surface area contributed by atoms with Gasteiger partial charge in [-0.05, 0) is 70.4 Å². The predicted molar refractivity (Wildman–Crippen MR) is 132 cm³/mol. The molecule has 1 saturated carbocycles. The van der Waals surface area contributed by atoms with Crippen molar-refractivity contribution in [3.63, 3.8) is 0 Å². The van der Waals surface area contributed by atoms with E-state index in [1.165, 1.54) is 6.92 Å². The fourth-order valence-electron chi connectivity index (χ4n) is 4.38. The number of Topliss-reactive ketones (excluding diaryl/α,β-unsaturated/α-hetero) is 1. The second-order valence-corrected chi connectivity index (χ2v) is 9.50. The van der Waals surface area contributed by atoms with Gasteiger partial charge >= 0.3 is 5.97 Å². The van der Waals surface area contributed by atoms with Gasteiger partial charge < -0.3 is 20.1 Å². The van der Waals surface area contributed by atoms with Crippen LogP contribution in [-0.4, -0.2) is 51.5 Å². The monoisotopic (exact) mass is 472 g/mol. The van der Waals surface area contributed by atoms with Crippen LogP contribution in [0.15, 0.2) is 48.6 Å². The Balaban J connectivity index is 1.81. The lowest BCUT2D eigenvalue weighted by molar-refractivity contribution is -0.147. The third-order valence-electron chi connectivity index (χ3n) is 6.23. The zero-order chi connectivity index (χ0) is 25.1. The van der Waals surface area contributed by atoms with Crippen LogP contribution in [0, 0.1) is 11.8 Å². The highest BCUT2D eigenvalue weighted by atomic mass is 16.5. The van der Waals surface area contributed by atoms with E-state index in [0.717, 1.165) is 12.0 Å². The Morgan fingerprint density at radius 2 is 1.94 bits per heavy atom. The number of benzene rings is 1. The first-order valence-electron chi connectivity index (χ1n) is 12.3. The van der Waals surface area contributed by atoms with Crippen LogP contribution in [0.2, 0.25) is 0 Å². The van der Waals surface area contributed by atoms with Crippen molar-refractivity contribution in [1.82, 2.24) is 0 Å². The van der Waals surface area contributed by atoms with Crippen LogP contribution in [0.4, 0.5) is 0 Å². The summed E-state index contributed by atoms with van der Waals surface area (Å²) in [4.78, 5) is 23.1. The average molecular weight is 473 g/mol. The molecule has 0 bridgehead atoms. The predicted octanol–water partition coefficient (Wildman–Crippen LogP) is 4.17. The molecule has 6 nitrogen and oxygen atoms in total. The van der Waals surface area contributed by atoms with Crippen molar-refractivity contribution in [2.24, 2.45) is 11.8 Å². The molecular formula is C28H40O6. The maximum absolute atomic E-state index is 11.6. The van der Waals surface area contributed by atoms with Gasteiger partial charge in [-0.2, -0.15) is 0 Å². The summed E-state index contributed by atoms with van der Waals surface area (Å²) < 4.78 is 5.12. The maximum atomic E-state index is 11.6. The number of esters is 1. The summed E-state index contributed by atoms with van der Waals surface area (Å²) in [6.45, 7) is 5.20. The molecule has 6 heteroatoms. The maximum Gasteiger partial charge on any atom is 0.306 e. The minimum absolute atomic E-state index is 0.0183. The molecule has 5 atom stereocenters. The first-order chi connectivity index (χ1) is 16.2. The molecular weight excluding hydrogens is 432 g/mol. The first kappa shape index (κ1) is 28.0. The zero-order valence-corrected chi connectivity index (χ0v) is 20.6. The number of aliphatic hydroxyl groups is 3. The number of aryl methyl sites for hydroxylation is 1. The molecule has 0 aromatic heterocycles. The van der Waals surface area contributed by atoms with E-state index in [4.69, 9.17) is 4.74 Å². The van der Waals surface area contributed by atoms with Crippen LogP contribution in [0.1, 0.15) is 75.2 Å². The van der Waals surface area contributed by atoms with Crippen LogP contribution in [0.3, 0.4) is 0 Å². The summed E-state index contributed by atoms with van der Waals surface area (Å²) in [5, 5.41) is 31.2. The largest absolute Gasteiger partial charge is 0.463 e. The molecule has 1 aliphatic carbocycles. The average Bonchev–Trinajstić information content (AvgIpc) is 3.04. The van der Waals surface area contributed by atoms with E-state index in [2.05, 4.69) is 0 Å². The molecule has 0 heterocycles. The zero-order valence-electron chi connectivity index (χ0n) is 20.6. The van der Waals surface area contributed by atoms with E-state index >= 15 is 0 Å². The summed E-state index contributed by atoms with van der Waals surface area (Å²) in [6, 6.07) is 7.42. The van der Waals surface area contributed by atoms with Crippen LogP contribution >= 0.6 is 0 Å². The number of carbonyl (C=O) groups excluding carboxylic acids is 2. The Morgan fingerprint density at radius 1 is 1.18 bits per heavy atom. The fourth-order valence-corrected chi connectivity index (χ4v) is 4.38. The van der Waals surface area contributed by atoms with E-state index < -0.39 is 18.3 Å². The number of rotatable bonds is 13. The van der Waals surface area contributed by atoms with Crippen molar-refractivity contribution in [3.8, 4) is 0 Å². The van der Waals surface area contributed by atoms with Crippen LogP contribution < -0.4 is 0 Å². The summed E-state index contributed by atoms with van der Waals surface area (Å²) >= 11 is 0. The second kappa shape index (κ2) is 14.2. The van der Waals surface area contributed by atoms with E-state index in [9.17, 15) is 24.9 Å². The van der Waals surface area contributed by atoms with Gasteiger partial charge in [-0.1, -0.05) is 42.5 Å². The molecule has 0 aliphatic heterocycles. The quantitative estimate of drug-likeness (QED) is 0.172. The minimum atomic E-state index is -0.673. The molecule has 188 valence electrons. The van der Waals surface area contributed by atoms with Gasteiger partial charge in [-0.3, -0.25) is 9.59 Å². The SMILES string of the molecule is CC(=O)c1cccc(CCC(O)/C=C/[C@@H]2[C@@H](C/C=C\CCCC(=O)OC(C)C)[C@@H](O)C[C@H]2O)c1. The molecule has 0 spiro atoms. The van der Waals surface area contributed by atoms with Crippen molar-refractivity contribution in [2.45, 2.75) is 90.1 Å². The topological polar surface area (TPSA) is 104 Å². The summed E-state index contributed by atoms with van der Waals surface area (Å²) in [7, 11) is 0. The Kier molecular flexibility index (Phi) is 11.7. The van der Waals surface area contributed by atoms with Gasteiger partial charge in [0.15, 0.2) is 5.78 Å². The molecule has 3 N–H and O–H groups in total. The van der Waals surface area contributed by atoms with E-state index in [1.807, 2.05) is 50.3 Å². The number of carbonyl (C=O) groups is 2. The number of unbranched alkanes of at least 4 members (excludes halogenated alkanes) is 1. The lowest BCUT2D eigenvalue weighted by Crippen LogP contribution is -2.20. The fraction of sp³-hybridized carbons (Fsp3) is 0.571. The second-order valence-electron chi connectivity index (χ2n) is 9.50. The van der Waals surface area contributed by atoms with Crippen LogP contribution in [-0.2, 0) is 16.0 Å². The third kappa shape index (κ3) is 9.53. The van der Waals surface area contributed by atoms with Crippen molar-refractivity contribution in [2.75, 3.05) is 0 Å². The minimum Gasteiger partial charge on any atom is -0.463 e. The van der Waals surface area contributed by atoms with Gasteiger partial charge in [0.1, 0.15) is 0 Å². The molecule has 1 unspecified atom stereocenters. The highest BCUT2D eigenvalue weighted by molar-refractivity contribution is 5.94. The van der Waals surface area contributed by atoms with Crippen LogP contribution in [0.25, 0.3) is 0 Å². The molecule has 2 rings (SSSR count). The number of ether oxygens (including phenoxy) is 1. The molecule has 1 fully saturated rings. The first-order valence-corrected chi connectivity index (χ1v) is 12.3. The summed E-state index contributed by atoms with van der Waals surface area (Å²) in [5.41, 5.74) is 1.66. The molecule has 1 aromatic rings. The lowest BCUT2D eigenvalue weighted by atomic mass is 9.89. The standard InChI is InChI=1S/C28H40O6/c1-19(2)34-28(33)12-7-5-4-6-11-24-25(27(32)18-26(24)31)16-15-23(30)14-13-21-9-8-10-22(17-21)20(3)29/h4,6,8-10,15-17,19,23-27,30-32H,5,7,11-14,18H2,1-3H3/b6-4-,16-15+/t23?,24-,25-,26+,27-/m1/s1. The molecule has 34 heavy (non-hydrogen) atoms. The van der Waals surface area contributed by atoms with Gasteiger partial charge in [0.25, 0.3) is 0 Å². The van der Waals surface area contributed by atoms with Crippen molar-refractivity contribution in [1.29, 1.82) is 0 Å². The number of hydrogen-bond donors (Lipinski definition) is 3. The van der Waals surface area contributed by atoms with Gasteiger partial charge in [-0.15, -0.1) is 0 Å². The smallest absolute Gasteiger partial charge is 0.306 e. The molecule has 0 saturated heterocycles. The van der Waals surface area contributed by atoms with E-state index in [-0.39, 0.29) is 29.7 Å². The molecule has 1 aromatic carbocycles. The van der Waals surface area contributed by atoms with Gasteiger partial charge in [0, 0.05) is 24.3 Å². The highest BCUT2D eigenvalue weighted by Gasteiger charge is 2.39. The molecule has 0 amide bonds. The van der Waals surface area contributed by atoms with Crippen molar-refractivity contribution in [3.05, 3.63) is 59.7 Å². The Labute approximate surface area is 203 Å². The third-order valence-corrected chi connectivity index (χ3v) is 6.23. The highest BCUT2D eigenvalue weighted by Crippen LogP contribution is 2.36. The summed E-state index contributed by atoms with van der Waals surface area (Å²) in [5.74, 6) is -0.512. The Hall–Kier alpha value is -2.28. The van der Waals surface area contributed by atoms with Gasteiger partial charge in [0.2, 0.25) is 0 Å². The Bertz CT molecular complexity index is 843. The molecule has 1 aliphatic rings. The van der Waals surface area contributed by atoms with Crippen molar-refractivity contribution < 1.29 is 29.6 Å².